The van der Waals surface area contributed by atoms with E-state index >= 15 is 0 Å². The lowest BCUT2D eigenvalue weighted by atomic mass is 10.3. The summed E-state index contributed by atoms with van der Waals surface area (Å²) in [6.45, 7) is 9.15. The zero-order valence-corrected chi connectivity index (χ0v) is 8.48. The van der Waals surface area contributed by atoms with Gasteiger partial charge in [-0.25, -0.2) is 0 Å². The Bertz CT molecular complexity index is 104. The standard InChI is InChI=1S/C8H18OSi/c1-5-8(6-7-9)10(2,3)4/h7-8H,5-6H2,1-4H3/t8-/m0/s1. The third-order valence-electron chi connectivity index (χ3n) is 2.10. The van der Waals surface area contributed by atoms with Crippen LogP contribution in [0.5, 0.6) is 0 Å². The van der Waals surface area contributed by atoms with Crippen molar-refractivity contribution in [1.29, 1.82) is 0 Å². The van der Waals surface area contributed by atoms with Gasteiger partial charge in [-0.15, -0.1) is 0 Å². The van der Waals surface area contributed by atoms with Crippen LogP contribution < -0.4 is 0 Å². The quantitative estimate of drug-likeness (QED) is 0.454. The molecule has 0 amide bonds. The van der Waals surface area contributed by atoms with Crippen molar-refractivity contribution in [3.05, 3.63) is 0 Å². The van der Waals surface area contributed by atoms with Crippen LogP contribution in [0, 0.1) is 0 Å². The summed E-state index contributed by atoms with van der Waals surface area (Å²) in [5.41, 5.74) is 0.685. The minimum Gasteiger partial charge on any atom is -0.303 e. The summed E-state index contributed by atoms with van der Waals surface area (Å²) in [4.78, 5) is 10.2. The predicted octanol–water partition coefficient (Wildman–Crippen LogP) is 2.69. The van der Waals surface area contributed by atoms with Gasteiger partial charge in [0, 0.05) is 14.5 Å². The molecular weight excluding hydrogens is 140 g/mol. The van der Waals surface area contributed by atoms with Crippen LogP contribution in [0.4, 0.5) is 0 Å². The number of carbonyl (C=O) groups excluding carboxylic acids is 1. The molecule has 0 saturated heterocycles. The predicted molar refractivity (Wildman–Crippen MR) is 48.1 cm³/mol. The van der Waals surface area contributed by atoms with Gasteiger partial charge in [-0.05, 0) is 5.54 Å². The molecule has 1 nitrogen and oxygen atoms in total. The Morgan fingerprint density at radius 2 is 1.90 bits per heavy atom. The highest BCUT2D eigenvalue weighted by Gasteiger charge is 2.23. The molecule has 0 aliphatic rings. The molecule has 1 atom stereocenters. The Hall–Kier alpha value is -0.113. The normalized spacial score (nSPS) is 14.8. The Balaban J connectivity index is 3.92. The second kappa shape index (κ2) is 3.91. The van der Waals surface area contributed by atoms with E-state index < -0.39 is 8.07 Å². The highest BCUT2D eigenvalue weighted by molar-refractivity contribution is 6.77. The lowest BCUT2D eigenvalue weighted by molar-refractivity contribution is -0.107. The van der Waals surface area contributed by atoms with E-state index in [-0.39, 0.29) is 0 Å². The number of carbonyl (C=O) groups is 1. The first-order valence-electron chi connectivity index (χ1n) is 3.96. The average Bonchev–Trinajstić information content (AvgIpc) is 1.80. The van der Waals surface area contributed by atoms with E-state index in [0.29, 0.717) is 5.54 Å². The summed E-state index contributed by atoms with van der Waals surface area (Å²) >= 11 is 0. The first-order chi connectivity index (χ1) is 4.52. The summed E-state index contributed by atoms with van der Waals surface area (Å²) in [5, 5.41) is 0. The van der Waals surface area contributed by atoms with Crippen LogP contribution in [-0.2, 0) is 4.79 Å². The summed E-state index contributed by atoms with van der Waals surface area (Å²) in [5.74, 6) is 0. The monoisotopic (exact) mass is 158 g/mol. The maximum absolute atomic E-state index is 10.2. The molecular formula is C8H18OSi. The topological polar surface area (TPSA) is 17.1 Å². The van der Waals surface area contributed by atoms with Crippen molar-refractivity contribution < 1.29 is 4.79 Å². The molecule has 0 aliphatic carbocycles. The molecule has 2 heteroatoms. The van der Waals surface area contributed by atoms with Crippen molar-refractivity contribution >= 4 is 14.4 Å². The van der Waals surface area contributed by atoms with Crippen LogP contribution in [0.3, 0.4) is 0 Å². The first-order valence-corrected chi connectivity index (χ1v) is 7.53. The van der Waals surface area contributed by atoms with Gasteiger partial charge in [0.05, 0.1) is 0 Å². The van der Waals surface area contributed by atoms with E-state index in [1.54, 1.807) is 0 Å². The molecule has 0 aliphatic heterocycles. The Morgan fingerprint density at radius 1 is 1.40 bits per heavy atom. The molecule has 10 heavy (non-hydrogen) atoms. The Kier molecular flexibility index (Phi) is 3.87. The maximum Gasteiger partial charge on any atom is 0.119 e. The number of rotatable bonds is 4. The van der Waals surface area contributed by atoms with Gasteiger partial charge in [-0.3, -0.25) is 0 Å². The van der Waals surface area contributed by atoms with Crippen LogP contribution in [0.15, 0.2) is 0 Å². The number of hydrogen-bond acceptors (Lipinski definition) is 1. The SMILES string of the molecule is CC[C@@H](CC=O)[Si](C)(C)C. The van der Waals surface area contributed by atoms with E-state index in [1.807, 2.05) is 0 Å². The molecule has 0 aromatic heterocycles. The molecule has 0 unspecified atom stereocenters. The summed E-state index contributed by atoms with van der Waals surface area (Å²) in [6.07, 6.45) is 2.99. The van der Waals surface area contributed by atoms with Crippen molar-refractivity contribution in [2.45, 2.75) is 44.9 Å². The highest BCUT2D eigenvalue weighted by atomic mass is 28.3. The number of hydrogen-bond donors (Lipinski definition) is 0. The minimum absolute atomic E-state index is 0.685. The highest BCUT2D eigenvalue weighted by Crippen LogP contribution is 2.27. The lowest BCUT2D eigenvalue weighted by Gasteiger charge is -2.25. The van der Waals surface area contributed by atoms with Crippen molar-refractivity contribution in [3.8, 4) is 0 Å². The first kappa shape index (κ1) is 9.89. The van der Waals surface area contributed by atoms with Gasteiger partial charge in [0.15, 0.2) is 0 Å². The second-order valence-corrected chi connectivity index (χ2v) is 9.42. The van der Waals surface area contributed by atoms with Crippen LogP contribution in [0.1, 0.15) is 19.8 Å². The fourth-order valence-electron chi connectivity index (χ4n) is 1.25. The average molecular weight is 158 g/mol. The van der Waals surface area contributed by atoms with Gasteiger partial charge >= 0.3 is 0 Å². The van der Waals surface area contributed by atoms with Gasteiger partial charge in [-0.1, -0.05) is 33.0 Å². The fraction of sp³-hybridized carbons (Fsp3) is 0.875. The molecule has 0 bridgehead atoms. The third-order valence-corrected chi connectivity index (χ3v) is 5.19. The van der Waals surface area contributed by atoms with Gasteiger partial charge in [-0.2, -0.15) is 0 Å². The molecule has 0 N–H and O–H groups in total. The molecule has 0 saturated carbocycles. The molecule has 0 rings (SSSR count). The van der Waals surface area contributed by atoms with Crippen LogP contribution >= 0.6 is 0 Å². The smallest absolute Gasteiger partial charge is 0.119 e. The van der Waals surface area contributed by atoms with E-state index in [1.165, 1.54) is 0 Å². The molecule has 0 spiro atoms. The van der Waals surface area contributed by atoms with E-state index in [2.05, 4.69) is 26.6 Å². The fourth-order valence-corrected chi connectivity index (χ4v) is 3.28. The zero-order valence-electron chi connectivity index (χ0n) is 7.48. The van der Waals surface area contributed by atoms with E-state index in [0.717, 1.165) is 19.1 Å². The van der Waals surface area contributed by atoms with Gasteiger partial charge in [0.2, 0.25) is 0 Å². The molecule has 0 heterocycles. The van der Waals surface area contributed by atoms with Gasteiger partial charge < -0.3 is 4.79 Å². The zero-order chi connectivity index (χ0) is 8.20. The maximum atomic E-state index is 10.2. The third kappa shape index (κ3) is 3.16. The second-order valence-electron chi connectivity index (χ2n) is 3.87. The molecule has 0 aromatic carbocycles. The van der Waals surface area contributed by atoms with Crippen LogP contribution in [0.25, 0.3) is 0 Å². The van der Waals surface area contributed by atoms with Crippen molar-refractivity contribution in [3.63, 3.8) is 0 Å². The van der Waals surface area contributed by atoms with E-state index in [4.69, 9.17) is 0 Å². The summed E-state index contributed by atoms with van der Waals surface area (Å²) in [6, 6.07) is 0. The molecule has 0 radical (unpaired) electrons. The van der Waals surface area contributed by atoms with Crippen molar-refractivity contribution in [2.75, 3.05) is 0 Å². The lowest BCUT2D eigenvalue weighted by Crippen LogP contribution is -2.27. The largest absolute Gasteiger partial charge is 0.303 e. The van der Waals surface area contributed by atoms with E-state index in [9.17, 15) is 4.79 Å². The molecule has 60 valence electrons. The van der Waals surface area contributed by atoms with Gasteiger partial charge in [0.1, 0.15) is 6.29 Å². The number of aldehydes is 1. The van der Waals surface area contributed by atoms with Crippen LogP contribution in [-0.4, -0.2) is 14.4 Å². The molecule has 0 fully saturated rings. The molecule has 0 aromatic rings. The minimum atomic E-state index is -1.04. The van der Waals surface area contributed by atoms with Crippen LogP contribution in [0.2, 0.25) is 25.2 Å². The van der Waals surface area contributed by atoms with Crippen molar-refractivity contribution in [2.24, 2.45) is 0 Å². The Morgan fingerprint density at radius 3 is 2.00 bits per heavy atom. The Labute approximate surface area is 64.8 Å². The van der Waals surface area contributed by atoms with Crippen molar-refractivity contribution in [1.82, 2.24) is 0 Å². The van der Waals surface area contributed by atoms with Gasteiger partial charge in [0.25, 0.3) is 0 Å². The summed E-state index contributed by atoms with van der Waals surface area (Å²) < 4.78 is 0. The summed E-state index contributed by atoms with van der Waals surface area (Å²) in [7, 11) is -1.04.